The van der Waals surface area contributed by atoms with Crippen LogP contribution in [0.2, 0.25) is 0 Å². The van der Waals surface area contributed by atoms with Gasteiger partial charge in [-0.25, -0.2) is 0 Å². The van der Waals surface area contributed by atoms with Crippen LogP contribution in [0.1, 0.15) is 16.8 Å². The van der Waals surface area contributed by atoms with Crippen molar-refractivity contribution in [3.63, 3.8) is 0 Å². The van der Waals surface area contributed by atoms with Gasteiger partial charge in [0.2, 0.25) is 5.91 Å². The van der Waals surface area contributed by atoms with Crippen molar-refractivity contribution in [2.45, 2.75) is 12.5 Å². The molecule has 1 N–H and O–H groups in total. The van der Waals surface area contributed by atoms with Crippen molar-refractivity contribution in [2.24, 2.45) is 0 Å². The van der Waals surface area contributed by atoms with Crippen LogP contribution in [-0.4, -0.2) is 23.5 Å². The predicted molar refractivity (Wildman–Crippen MR) is 52.3 cm³/mol. The molecule has 0 bridgehead atoms. The summed E-state index contributed by atoms with van der Waals surface area (Å²) in [5.74, 6) is -1.07. The molecule has 0 radical (unpaired) electrons. The third-order valence-electron chi connectivity index (χ3n) is 2.28. The molecule has 1 aliphatic rings. The Morgan fingerprint density at radius 1 is 1.20 bits per heavy atom. The Labute approximate surface area is 86.3 Å². The van der Waals surface area contributed by atoms with E-state index in [0.717, 1.165) is 0 Å². The van der Waals surface area contributed by atoms with Gasteiger partial charge in [0.1, 0.15) is 0 Å². The third-order valence-corrected chi connectivity index (χ3v) is 2.28. The molecule has 2 rings (SSSR count). The Kier molecular flexibility index (Phi) is 2.33. The number of amides is 1. The average molecular weight is 203 g/mol. The van der Waals surface area contributed by atoms with Gasteiger partial charge in [-0.3, -0.25) is 14.4 Å². The topological polar surface area (TPSA) is 63.2 Å². The van der Waals surface area contributed by atoms with E-state index >= 15 is 0 Å². The van der Waals surface area contributed by atoms with Gasteiger partial charge in [-0.1, -0.05) is 30.3 Å². The molecule has 0 aromatic heterocycles. The normalized spacial score (nSPS) is 20.1. The molecule has 15 heavy (non-hydrogen) atoms. The molecule has 1 amide bonds. The van der Waals surface area contributed by atoms with Gasteiger partial charge in [-0.2, -0.15) is 0 Å². The van der Waals surface area contributed by atoms with E-state index in [0.29, 0.717) is 5.56 Å². The van der Waals surface area contributed by atoms with Gasteiger partial charge in [0.05, 0.1) is 6.42 Å². The van der Waals surface area contributed by atoms with Gasteiger partial charge >= 0.3 is 0 Å². The van der Waals surface area contributed by atoms with Crippen molar-refractivity contribution < 1.29 is 14.4 Å². The maximum Gasteiger partial charge on any atom is 0.228 e. The van der Waals surface area contributed by atoms with Crippen LogP contribution >= 0.6 is 0 Å². The molecular formula is C11H9NO3. The first-order chi connectivity index (χ1) is 7.18. The second-order valence-electron chi connectivity index (χ2n) is 3.37. The van der Waals surface area contributed by atoms with Crippen molar-refractivity contribution in [1.82, 2.24) is 5.32 Å². The van der Waals surface area contributed by atoms with Crippen molar-refractivity contribution in [3.8, 4) is 0 Å². The fraction of sp³-hybridized carbons (Fsp3) is 0.182. The highest BCUT2D eigenvalue weighted by Crippen LogP contribution is 2.10. The molecule has 1 aromatic rings. The van der Waals surface area contributed by atoms with Gasteiger partial charge in [0, 0.05) is 5.56 Å². The van der Waals surface area contributed by atoms with Crippen molar-refractivity contribution in [2.75, 3.05) is 0 Å². The Balaban J connectivity index is 2.23. The zero-order chi connectivity index (χ0) is 10.8. The Morgan fingerprint density at radius 3 is 2.40 bits per heavy atom. The summed E-state index contributed by atoms with van der Waals surface area (Å²) in [4.78, 5) is 34.0. The predicted octanol–water partition coefficient (Wildman–Crippen LogP) is 0.327. The number of ketones is 2. The van der Waals surface area contributed by atoms with Crippen molar-refractivity contribution >= 4 is 17.5 Å². The minimum Gasteiger partial charge on any atom is -0.339 e. The van der Waals surface area contributed by atoms with Crippen molar-refractivity contribution in [1.29, 1.82) is 0 Å². The number of hydrogen-bond donors (Lipinski definition) is 1. The zero-order valence-corrected chi connectivity index (χ0v) is 7.90. The van der Waals surface area contributed by atoms with E-state index in [9.17, 15) is 14.4 Å². The van der Waals surface area contributed by atoms with Gasteiger partial charge in [-0.15, -0.1) is 0 Å². The van der Waals surface area contributed by atoms with E-state index in [1.807, 2.05) is 0 Å². The lowest BCUT2D eigenvalue weighted by Gasteiger charge is -2.06. The Hall–Kier alpha value is -1.97. The SMILES string of the molecule is O=C1CC(=O)[C@@H](C(=O)c2ccccc2)N1. The van der Waals surface area contributed by atoms with Crippen LogP contribution in [0.5, 0.6) is 0 Å². The monoisotopic (exact) mass is 203 g/mol. The number of nitrogens with one attached hydrogen (secondary N) is 1. The van der Waals surface area contributed by atoms with Crippen LogP contribution < -0.4 is 5.32 Å². The third kappa shape index (κ3) is 1.79. The lowest BCUT2D eigenvalue weighted by atomic mass is 10.0. The maximum absolute atomic E-state index is 11.8. The summed E-state index contributed by atoms with van der Waals surface area (Å²) < 4.78 is 0. The summed E-state index contributed by atoms with van der Waals surface area (Å²) in [7, 11) is 0. The van der Waals surface area contributed by atoms with Gasteiger partial charge in [0.25, 0.3) is 0 Å². The molecule has 1 heterocycles. The van der Waals surface area contributed by atoms with Crippen LogP contribution in [-0.2, 0) is 9.59 Å². The average Bonchev–Trinajstić information content (AvgIpc) is 2.58. The zero-order valence-electron chi connectivity index (χ0n) is 7.90. The molecular weight excluding hydrogens is 194 g/mol. The summed E-state index contributed by atoms with van der Waals surface area (Å²) in [5, 5.41) is 2.36. The highest BCUT2D eigenvalue weighted by atomic mass is 16.2. The Bertz CT molecular complexity index is 425. The molecule has 0 saturated carbocycles. The lowest BCUT2D eigenvalue weighted by Crippen LogP contribution is -2.37. The van der Waals surface area contributed by atoms with E-state index in [2.05, 4.69) is 5.32 Å². The van der Waals surface area contributed by atoms with Gasteiger partial charge in [0.15, 0.2) is 17.6 Å². The lowest BCUT2D eigenvalue weighted by molar-refractivity contribution is -0.122. The first kappa shape index (κ1) is 9.58. The fourth-order valence-electron chi connectivity index (χ4n) is 1.53. The van der Waals surface area contributed by atoms with Gasteiger partial charge in [-0.05, 0) is 0 Å². The standard InChI is InChI=1S/C11H9NO3/c13-8-6-9(14)12-10(8)11(15)7-4-2-1-3-5-7/h1-5,10H,6H2,(H,12,14)/t10-/m0/s1. The maximum atomic E-state index is 11.8. The summed E-state index contributed by atoms with van der Waals surface area (Å²) in [5.41, 5.74) is 0.443. The van der Waals surface area contributed by atoms with E-state index in [-0.39, 0.29) is 23.9 Å². The van der Waals surface area contributed by atoms with Crippen LogP contribution in [0, 0.1) is 0 Å². The quantitative estimate of drug-likeness (QED) is 0.556. The van der Waals surface area contributed by atoms with Crippen LogP contribution in [0.4, 0.5) is 0 Å². The smallest absolute Gasteiger partial charge is 0.228 e. The highest BCUT2D eigenvalue weighted by molar-refractivity contribution is 6.22. The number of benzene rings is 1. The van der Waals surface area contributed by atoms with Crippen LogP contribution in [0.25, 0.3) is 0 Å². The second kappa shape index (κ2) is 3.65. The molecule has 1 fully saturated rings. The molecule has 4 nitrogen and oxygen atoms in total. The first-order valence-electron chi connectivity index (χ1n) is 4.60. The second-order valence-corrected chi connectivity index (χ2v) is 3.37. The largest absolute Gasteiger partial charge is 0.339 e. The molecule has 0 spiro atoms. The first-order valence-corrected chi connectivity index (χ1v) is 4.60. The van der Waals surface area contributed by atoms with Crippen molar-refractivity contribution in [3.05, 3.63) is 35.9 Å². The minimum atomic E-state index is -0.986. The summed E-state index contributed by atoms with van der Waals surface area (Å²) >= 11 is 0. The summed E-state index contributed by atoms with van der Waals surface area (Å²) in [6, 6.07) is 7.48. The number of Topliss-reactive ketones (excluding diaryl/α,β-unsaturated/α-hetero) is 2. The molecule has 4 heteroatoms. The molecule has 1 aromatic carbocycles. The van der Waals surface area contributed by atoms with E-state index in [1.165, 1.54) is 0 Å². The summed E-state index contributed by atoms with van der Waals surface area (Å²) in [6.45, 7) is 0. The van der Waals surface area contributed by atoms with E-state index in [1.54, 1.807) is 30.3 Å². The van der Waals surface area contributed by atoms with Gasteiger partial charge < -0.3 is 5.32 Å². The molecule has 1 aliphatic heterocycles. The van der Waals surface area contributed by atoms with Crippen LogP contribution in [0.3, 0.4) is 0 Å². The minimum absolute atomic E-state index is 0.191. The van der Waals surface area contributed by atoms with Crippen LogP contribution in [0.15, 0.2) is 30.3 Å². The fourth-order valence-corrected chi connectivity index (χ4v) is 1.53. The highest BCUT2D eigenvalue weighted by Gasteiger charge is 2.35. The molecule has 0 unspecified atom stereocenters. The van der Waals surface area contributed by atoms with E-state index < -0.39 is 6.04 Å². The number of carbonyl (C=O) groups excluding carboxylic acids is 3. The molecule has 1 saturated heterocycles. The van der Waals surface area contributed by atoms with E-state index in [4.69, 9.17) is 0 Å². The number of rotatable bonds is 2. The summed E-state index contributed by atoms with van der Waals surface area (Å²) in [6.07, 6.45) is -0.191. The Morgan fingerprint density at radius 2 is 1.87 bits per heavy atom. The molecule has 1 atom stereocenters. The molecule has 0 aliphatic carbocycles. The molecule has 76 valence electrons. The number of carbonyl (C=O) groups is 3. The number of hydrogen-bond acceptors (Lipinski definition) is 3.